The molecule has 1 heterocycles. The second kappa shape index (κ2) is 12.8. The van der Waals surface area contributed by atoms with Crippen LogP contribution in [-0.2, 0) is 29.4 Å². The molecule has 0 aliphatic carbocycles. The number of nitrogens with two attached hydrogens (primary N) is 2. The molecule has 4 aromatic rings. The number of halogens is 6. The standard InChI is InChI=1S/C31H31F6N5O5S/c1-29(2,44)30(33,34)28-14-24(41(3)40-28)21-10-7-18(19-11-23(32)22(16-43)27(13-19)48(4,45)46)12-25(21)42(39)26(15-38)17-5-8-20(9-6-17)47-31(35,36)37/h5-15,43-44H,16,38-39H2,1-4H3/b26-15-. The lowest BCUT2D eigenvalue weighted by Gasteiger charge is -2.27. The van der Waals surface area contributed by atoms with Gasteiger partial charge in [0.25, 0.3) is 0 Å². The zero-order valence-electron chi connectivity index (χ0n) is 25.8. The third kappa shape index (κ3) is 7.28. The van der Waals surface area contributed by atoms with Gasteiger partial charge in [-0.3, -0.25) is 9.69 Å². The second-order valence-corrected chi connectivity index (χ2v) is 13.2. The fourth-order valence-electron chi connectivity index (χ4n) is 4.85. The molecule has 6 N–H and O–H groups in total. The lowest BCUT2D eigenvalue weighted by atomic mass is 9.96. The first-order valence-electron chi connectivity index (χ1n) is 13.8. The van der Waals surface area contributed by atoms with Crippen LogP contribution >= 0.6 is 0 Å². The summed E-state index contributed by atoms with van der Waals surface area (Å²) in [4.78, 5) is -0.468. The van der Waals surface area contributed by atoms with Crippen molar-refractivity contribution in [1.82, 2.24) is 9.78 Å². The predicted octanol–water partition coefficient (Wildman–Crippen LogP) is 5.19. The lowest BCUT2D eigenvalue weighted by molar-refractivity contribution is -0.274. The molecule has 3 aromatic carbocycles. The minimum atomic E-state index is -4.95. The minimum Gasteiger partial charge on any atom is -0.406 e. The quantitative estimate of drug-likeness (QED) is 0.0994. The number of hydrazine groups is 1. The number of sulfone groups is 1. The molecule has 0 aliphatic heterocycles. The zero-order chi connectivity index (χ0) is 36.0. The van der Waals surface area contributed by atoms with Gasteiger partial charge in [0.05, 0.1) is 28.6 Å². The van der Waals surface area contributed by atoms with Gasteiger partial charge in [-0.1, -0.05) is 12.1 Å². The van der Waals surface area contributed by atoms with E-state index in [1.165, 1.54) is 37.4 Å². The summed E-state index contributed by atoms with van der Waals surface area (Å²) >= 11 is 0. The topological polar surface area (TPSA) is 157 Å². The van der Waals surface area contributed by atoms with Gasteiger partial charge >= 0.3 is 12.3 Å². The van der Waals surface area contributed by atoms with Crippen molar-refractivity contribution in [3.63, 3.8) is 0 Å². The van der Waals surface area contributed by atoms with E-state index >= 15 is 13.2 Å². The van der Waals surface area contributed by atoms with Gasteiger partial charge in [-0.15, -0.1) is 13.2 Å². The van der Waals surface area contributed by atoms with Crippen LogP contribution in [0.3, 0.4) is 0 Å². The highest BCUT2D eigenvalue weighted by molar-refractivity contribution is 7.90. The molecular formula is C31H31F6N5O5S. The number of ether oxygens (including phenoxy) is 1. The number of hydrogen-bond acceptors (Lipinski definition) is 9. The molecule has 48 heavy (non-hydrogen) atoms. The lowest BCUT2D eigenvalue weighted by Crippen LogP contribution is -2.40. The Balaban J connectivity index is 1.94. The first kappa shape index (κ1) is 36.3. The molecule has 0 fully saturated rings. The Bertz CT molecular complexity index is 1970. The molecule has 0 saturated carbocycles. The Hall–Kier alpha value is -4.58. The highest BCUT2D eigenvalue weighted by Crippen LogP contribution is 2.42. The maximum absolute atomic E-state index is 15.1. The third-order valence-corrected chi connectivity index (χ3v) is 8.51. The first-order valence-corrected chi connectivity index (χ1v) is 15.7. The van der Waals surface area contributed by atoms with Crippen LogP contribution in [0.25, 0.3) is 28.1 Å². The summed E-state index contributed by atoms with van der Waals surface area (Å²) in [7, 11) is -2.66. The molecule has 0 amide bonds. The van der Waals surface area contributed by atoms with Crippen molar-refractivity contribution in [2.45, 2.75) is 43.2 Å². The zero-order valence-corrected chi connectivity index (χ0v) is 26.7. The molecule has 0 spiro atoms. The van der Waals surface area contributed by atoms with Crippen LogP contribution in [0.2, 0.25) is 0 Å². The Kier molecular flexibility index (Phi) is 9.66. The van der Waals surface area contributed by atoms with Crippen LogP contribution in [0.1, 0.15) is 30.7 Å². The Morgan fingerprint density at radius 2 is 1.65 bits per heavy atom. The Morgan fingerprint density at radius 1 is 1.02 bits per heavy atom. The van der Waals surface area contributed by atoms with E-state index < -0.39 is 62.0 Å². The number of rotatable bonds is 10. The molecular weight excluding hydrogens is 668 g/mol. The van der Waals surface area contributed by atoms with Crippen LogP contribution < -0.4 is 21.3 Å². The van der Waals surface area contributed by atoms with Gasteiger partial charge < -0.3 is 20.7 Å². The largest absolute Gasteiger partial charge is 0.573 e. The minimum absolute atomic E-state index is 0.00908. The molecule has 4 rings (SSSR count). The molecule has 0 unspecified atom stereocenters. The molecule has 0 saturated heterocycles. The summed E-state index contributed by atoms with van der Waals surface area (Å²) in [6.45, 7) is 0.932. The van der Waals surface area contributed by atoms with Gasteiger partial charge in [0.15, 0.2) is 9.84 Å². The average Bonchev–Trinajstić information content (AvgIpc) is 3.37. The van der Waals surface area contributed by atoms with Crippen molar-refractivity contribution < 1.29 is 49.7 Å². The second-order valence-electron chi connectivity index (χ2n) is 11.3. The average molecular weight is 700 g/mol. The predicted molar refractivity (Wildman–Crippen MR) is 165 cm³/mol. The number of aliphatic hydroxyl groups excluding tert-OH is 1. The Morgan fingerprint density at radius 3 is 2.17 bits per heavy atom. The van der Waals surface area contributed by atoms with E-state index in [0.29, 0.717) is 0 Å². The summed E-state index contributed by atoms with van der Waals surface area (Å²) in [6, 6.07) is 11.9. The number of alkyl halides is 5. The number of benzene rings is 3. The summed E-state index contributed by atoms with van der Waals surface area (Å²) < 4.78 is 113. The molecule has 0 atom stereocenters. The number of anilines is 1. The van der Waals surface area contributed by atoms with Crippen LogP contribution in [-0.4, -0.2) is 46.6 Å². The molecule has 0 bridgehead atoms. The number of hydrogen-bond donors (Lipinski definition) is 4. The highest BCUT2D eigenvalue weighted by atomic mass is 32.2. The summed E-state index contributed by atoms with van der Waals surface area (Å²) in [5.41, 5.74) is 2.86. The van der Waals surface area contributed by atoms with Crippen molar-refractivity contribution >= 4 is 21.2 Å². The summed E-state index contributed by atoms with van der Waals surface area (Å²) in [5.74, 6) is 1.20. The molecule has 17 heteroatoms. The van der Waals surface area contributed by atoms with E-state index in [1.807, 2.05) is 0 Å². The van der Waals surface area contributed by atoms with Gasteiger partial charge in [0.2, 0.25) is 0 Å². The number of aromatic nitrogens is 2. The molecule has 258 valence electrons. The number of nitrogens with zero attached hydrogens (tertiary/aromatic N) is 3. The van der Waals surface area contributed by atoms with Crippen molar-refractivity contribution in [3.8, 4) is 28.1 Å². The van der Waals surface area contributed by atoms with Gasteiger partial charge in [-0.2, -0.15) is 13.9 Å². The monoisotopic (exact) mass is 699 g/mol. The third-order valence-electron chi connectivity index (χ3n) is 7.35. The molecule has 0 radical (unpaired) electrons. The summed E-state index contributed by atoms with van der Waals surface area (Å²) in [6.07, 6.45) is -3.07. The number of aryl methyl sites for hydroxylation is 1. The maximum atomic E-state index is 15.1. The highest BCUT2D eigenvalue weighted by Gasteiger charge is 2.49. The van der Waals surface area contributed by atoms with Crippen LogP contribution in [0.4, 0.5) is 32.0 Å². The van der Waals surface area contributed by atoms with Gasteiger partial charge in [0.1, 0.15) is 22.9 Å². The van der Waals surface area contributed by atoms with Crippen molar-refractivity contribution in [2.24, 2.45) is 18.6 Å². The van der Waals surface area contributed by atoms with Gasteiger partial charge in [-0.25, -0.2) is 18.7 Å². The van der Waals surface area contributed by atoms with E-state index in [9.17, 15) is 31.8 Å². The van der Waals surface area contributed by atoms with Crippen molar-refractivity contribution in [2.75, 3.05) is 11.3 Å². The fourth-order valence-corrected chi connectivity index (χ4v) is 5.80. The molecule has 1 aromatic heterocycles. The van der Waals surface area contributed by atoms with E-state index in [1.54, 1.807) is 0 Å². The van der Waals surface area contributed by atoms with E-state index in [-0.39, 0.29) is 39.3 Å². The Labute approximate surface area is 271 Å². The van der Waals surface area contributed by atoms with Gasteiger partial charge in [-0.05, 0) is 73.5 Å². The smallest absolute Gasteiger partial charge is 0.406 e. The van der Waals surface area contributed by atoms with Crippen molar-refractivity contribution in [3.05, 3.63) is 89.5 Å². The number of aliphatic hydroxyl groups is 2. The van der Waals surface area contributed by atoms with Crippen LogP contribution in [0.5, 0.6) is 5.75 Å². The van der Waals surface area contributed by atoms with Crippen LogP contribution in [0, 0.1) is 5.82 Å². The van der Waals surface area contributed by atoms with E-state index in [4.69, 9.17) is 11.6 Å². The first-order chi connectivity index (χ1) is 22.1. The van der Waals surface area contributed by atoms with E-state index in [2.05, 4.69) is 9.84 Å². The summed E-state index contributed by atoms with van der Waals surface area (Å²) in [5, 5.41) is 24.6. The maximum Gasteiger partial charge on any atom is 0.573 e. The van der Waals surface area contributed by atoms with Crippen molar-refractivity contribution in [1.29, 1.82) is 0 Å². The molecule has 0 aliphatic rings. The molecule has 10 nitrogen and oxygen atoms in total. The normalized spacial score (nSPS) is 13.1. The van der Waals surface area contributed by atoms with Crippen LogP contribution in [0.15, 0.2) is 71.8 Å². The van der Waals surface area contributed by atoms with E-state index in [0.717, 1.165) is 66.3 Å². The SMILES string of the molecule is Cn1nc(C(F)(F)C(C)(C)O)cc1-c1ccc(-c2cc(F)c(CO)c(S(C)(=O)=O)c2)cc1N(N)/C(=C\N)c1ccc(OC(F)(F)F)cc1. The van der Waals surface area contributed by atoms with Gasteiger partial charge in [0, 0.05) is 36.2 Å². The fraction of sp³-hybridized carbons (Fsp3) is 0.258.